The Morgan fingerprint density at radius 2 is 2.00 bits per heavy atom. The first-order valence-corrected chi connectivity index (χ1v) is 8.58. The standard InChI is InChI=1S/C18H25N3OS/c1-13(16-7-5-6-8-17(16)22-4)11-20-18(19-3)21-12-15-10-9-14(2)23-15/h5-10,13H,11-12H2,1-4H3,(H2,19,20,21). The van der Waals surface area contributed by atoms with Crippen molar-refractivity contribution in [2.75, 3.05) is 20.7 Å². The van der Waals surface area contributed by atoms with E-state index >= 15 is 0 Å². The molecule has 1 atom stereocenters. The van der Waals surface area contributed by atoms with Gasteiger partial charge in [0.25, 0.3) is 0 Å². The third-order valence-corrected chi connectivity index (χ3v) is 4.70. The summed E-state index contributed by atoms with van der Waals surface area (Å²) >= 11 is 1.80. The first-order chi connectivity index (χ1) is 11.1. The van der Waals surface area contributed by atoms with Crippen LogP contribution in [0.3, 0.4) is 0 Å². The maximum Gasteiger partial charge on any atom is 0.191 e. The summed E-state index contributed by atoms with van der Waals surface area (Å²) in [4.78, 5) is 6.92. The summed E-state index contributed by atoms with van der Waals surface area (Å²) in [5.74, 6) is 2.07. The zero-order valence-electron chi connectivity index (χ0n) is 14.2. The molecule has 0 aliphatic carbocycles. The molecule has 2 N–H and O–H groups in total. The van der Waals surface area contributed by atoms with Crippen LogP contribution in [0.2, 0.25) is 0 Å². The van der Waals surface area contributed by atoms with E-state index in [-0.39, 0.29) is 0 Å². The van der Waals surface area contributed by atoms with E-state index in [1.54, 1.807) is 25.5 Å². The molecule has 0 saturated heterocycles. The topological polar surface area (TPSA) is 45.7 Å². The van der Waals surface area contributed by atoms with E-state index in [9.17, 15) is 0 Å². The van der Waals surface area contributed by atoms with Gasteiger partial charge in [0.1, 0.15) is 5.75 Å². The molecule has 0 spiro atoms. The van der Waals surface area contributed by atoms with Crippen LogP contribution in [0.5, 0.6) is 5.75 Å². The largest absolute Gasteiger partial charge is 0.496 e. The number of benzene rings is 1. The summed E-state index contributed by atoms with van der Waals surface area (Å²) in [6.07, 6.45) is 0. The second-order valence-corrected chi connectivity index (χ2v) is 6.83. The van der Waals surface area contributed by atoms with E-state index in [0.29, 0.717) is 5.92 Å². The molecule has 5 heteroatoms. The lowest BCUT2D eigenvalue weighted by molar-refractivity contribution is 0.406. The van der Waals surface area contributed by atoms with Crippen molar-refractivity contribution in [2.24, 2.45) is 4.99 Å². The number of para-hydroxylation sites is 1. The molecular formula is C18H25N3OS. The Bertz CT molecular complexity index is 651. The fraction of sp³-hybridized carbons (Fsp3) is 0.389. The summed E-state index contributed by atoms with van der Waals surface area (Å²) in [5, 5.41) is 6.74. The highest BCUT2D eigenvalue weighted by Crippen LogP contribution is 2.25. The number of methoxy groups -OCH3 is 1. The molecule has 2 rings (SSSR count). The molecule has 124 valence electrons. The Labute approximate surface area is 142 Å². The van der Waals surface area contributed by atoms with E-state index in [1.165, 1.54) is 15.3 Å². The van der Waals surface area contributed by atoms with Crippen molar-refractivity contribution in [3.05, 3.63) is 51.7 Å². The van der Waals surface area contributed by atoms with Crippen LogP contribution in [-0.2, 0) is 6.54 Å². The number of rotatable bonds is 6. The highest BCUT2D eigenvalue weighted by atomic mass is 32.1. The van der Waals surface area contributed by atoms with Gasteiger partial charge < -0.3 is 15.4 Å². The number of thiophene rings is 1. The number of nitrogens with zero attached hydrogens (tertiary/aromatic N) is 1. The van der Waals surface area contributed by atoms with Gasteiger partial charge in [-0.15, -0.1) is 11.3 Å². The van der Waals surface area contributed by atoms with E-state index in [4.69, 9.17) is 4.74 Å². The Morgan fingerprint density at radius 3 is 2.65 bits per heavy atom. The Balaban J connectivity index is 1.87. The number of aliphatic imine (C=N–C) groups is 1. The third kappa shape index (κ3) is 4.99. The summed E-state index contributed by atoms with van der Waals surface area (Å²) in [7, 11) is 3.51. The molecule has 1 heterocycles. The zero-order chi connectivity index (χ0) is 16.7. The van der Waals surface area contributed by atoms with Gasteiger partial charge in [0.15, 0.2) is 5.96 Å². The minimum absolute atomic E-state index is 0.327. The van der Waals surface area contributed by atoms with Crippen molar-refractivity contribution in [3.63, 3.8) is 0 Å². The summed E-state index contributed by atoms with van der Waals surface area (Å²) in [5.41, 5.74) is 1.20. The van der Waals surface area contributed by atoms with Crippen molar-refractivity contribution < 1.29 is 4.74 Å². The highest BCUT2D eigenvalue weighted by Gasteiger charge is 2.11. The molecule has 23 heavy (non-hydrogen) atoms. The second-order valence-electron chi connectivity index (χ2n) is 5.46. The van der Waals surface area contributed by atoms with Crippen molar-refractivity contribution >= 4 is 17.3 Å². The lowest BCUT2D eigenvalue weighted by atomic mass is 10.0. The first kappa shape index (κ1) is 17.3. The molecule has 0 bridgehead atoms. The predicted molar refractivity (Wildman–Crippen MR) is 98.7 cm³/mol. The fourth-order valence-corrected chi connectivity index (χ4v) is 3.23. The van der Waals surface area contributed by atoms with Crippen LogP contribution in [0.25, 0.3) is 0 Å². The SMILES string of the molecule is CN=C(NCc1ccc(C)s1)NCC(C)c1ccccc1OC. The van der Waals surface area contributed by atoms with Crippen molar-refractivity contribution in [1.82, 2.24) is 10.6 Å². The molecule has 1 unspecified atom stereocenters. The molecule has 1 aromatic heterocycles. The maximum absolute atomic E-state index is 5.43. The monoisotopic (exact) mass is 331 g/mol. The van der Waals surface area contributed by atoms with Gasteiger partial charge in [-0.25, -0.2) is 0 Å². The molecule has 0 aliphatic heterocycles. The Kier molecular flexibility index (Phi) is 6.47. The molecule has 0 saturated carbocycles. The fourth-order valence-electron chi connectivity index (χ4n) is 2.40. The lowest BCUT2D eigenvalue weighted by Gasteiger charge is -2.18. The zero-order valence-corrected chi connectivity index (χ0v) is 15.0. The number of hydrogen-bond donors (Lipinski definition) is 2. The average molecular weight is 331 g/mol. The van der Waals surface area contributed by atoms with Crippen LogP contribution in [0.15, 0.2) is 41.4 Å². The van der Waals surface area contributed by atoms with Gasteiger partial charge in [-0.05, 0) is 30.7 Å². The molecule has 0 aliphatic rings. The van der Waals surface area contributed by atoms with Crippen LogP contribution in [0.1, 0.15) is 28.2 Å². The highest BCUT2D eigenvalue weighted by molar-refractivity contribution is 7.11. The van der Waals surface area contributed by atoms with E-state index in [1.807, 2.05) is 18.2 Å². The summed E-state index contributed by atoms with van der Waals surface area (Å²) in [6.45, 7) is 5.89. The smallest absolute Gasteiger partial charge is 0.191 e. The van der Waals surface area contributed by atoms with Gasteiger partial charge in [-0.3, -0.25) is 4.99 Å². The first-order valence-electron chi connectivity index (χ1n) is 7.76. The number of aryl methyl sites for hydroxylation is 1. The molecule has 2 aromatic rings. The van der Waals surface area contributed by atoms with Crippen LogP contribution < -0.4 is 15.4 Å². The van der Waals surface area contributed by atoms with Gasteiger partial charge in [-0.2, -0.15) is 0 Å². The quantitative estimate of drug-likeness (QED) is 0.629. The van der Waals surface area contributed by atoms with Crippen LogP contribution in [0, 0.1) is 6.92 Å². The number of nitrogens with one attached hydrogen (secondary N) is 2. The van der Waals surface area contributed by atoms with Gasteiger partial charge in [-0.1, -0.05) is 25.1 Å². The van der Waals surface area contributed by atoms with Gasteiger partial charge in [0.2, 0.25) is 0 Å². The van der Waals surface area contributed by atoms with Crippen LogP contribution >= 0.6 is 11.3 Å². The minimum Gasteiger partial charge on any atom is -0.496 e. The van der Waals surface area contributed by atoms with Crippen LogP contribution in [-0.4, -0.2) is 26.7 Å². The third-order valence-electron chi connectivity index (χ3n) is 3.70. The minimum atomic E-state index is 0.327. The van der Waals surface area contributed by atoms with E-state index < -0.39 is 0 Å². The molecule has 0 radical (unpaired) electrons. The molecule has 0 fully saturated rings. The van der Waals surface area contributed by atoms with E-state index in [2.05, 4.69) is 47.7 Å². The lowest BCUT2D eigenvalue weighted by Crippen LogP contribution is -2.38. The maximum atomic E-state index is 5.43. The number of ether oxygens (including phenoxy) is 1. The number of guanidine groups is 1. The van der Waals surface area contributed by atoms with Crippen molar-refractivity contribution in [1.29, 1.82) is 0 Å². The van der Waals surface area contributed by atoms with Crippen molar-refractivity contribution in [3.8, 4) is 5.75 Å². The molecule has 4 nitrogen and oxygen atoms in total. The molecule has 1 aromatic carbocycles. The van der Waals surface area contributed by atoms with E-state index in [0.717, 1.165) is 24.8 Å². The van der Waals surface area contributed by atoms with Crippen molar-refractivity contribution in [2.45, 2.75) is 26.3 Å². The van der Waals surface area contributed by atoms with Crippen LogP contribution in [0.4, 0.5) is 0 Å². The number of hydrogen-bond acceptors (Lipinski definition) is 3. The summed E-state index contributed by atoms with van der Waals surface area (Å²) in [6, 6.07) is 12.4. The normalized spacial score (nSPS) is 12.8. The molecule has 0 amide bonds. The predicted octanol–water partition coefficient (Wildman–Crippen LogP) is 3.53. The summed E-state index contributed by atoms with van der Waals surface area (Å²) < 4.78 is 5.43. The Morgan fingerprint density at radius 1 is 1.22 bits per heavy atom. The van der Waals surface area contributed by atoms with Gasteiger partial charge in [0.05, 0.1) is 13.7 Å². The average Bonchev–Trinajstić information content (AvgIpc) is 3.00. The second kappa shape index (κ2) is 8.58. The van der Waals surface area contributed by atoms with Gasteiger partial charge >= 0.3 is 0 Å². The van der Waals surface area contributed by atoms with Gasteiger partial charge in [0, 0.05) is 29.3 Å². The Hall–Kier alpha value is -2.01. The molecular weight excluding hydrogens is 306 g/mol.